The lowest BCUT2D eigenvalue weighted by atomic mass is 9.84. The largest absolute Gasteiger partial charge is 0.465 e. The molecule has 3 N–H and O–H groups in total. The molecule has 1 rings (SSSR count). The van der Waals surface area contributed by atoms with Gasteiger partial charge in [-0.05, 0) is 25.7 Å². The van der Waals surface area contributed by atoms with Crippen molar-refractivity contribution < 1.29 is 45.9 Å². The second-order valence-electron chi connectivity index (χ2n) is 7.66. The lowest BCUT2D eigenvalue weighted by Crippen LogP contribution is -2.39. The van der Waals surface area contributed by atoms with Crippen molar-refractivity contribution >= 4 is 16.1 Å². The Morgan fingerprint density at radius 2 is 1.38 bits per heavy atom. The molecule has 0 aromatic carbocycles. The van der Waals surface area contributed by atoms with E-state index < -0.39 is 69.5 Å². The van der Waals surface area contributed by atoms with Gasteiger partial charge in [0.2, 0.25) is 0 Å². The molecule has 3 unspecified atom stereocenters. The van der Waals surface area contributed by atoms with Gasteiger partial charge in [0.1, 0.15) is 0 Å². The van der Waals surface area contributed by atoms with Crippen molar-refractivity contribution in [2.75, 3.05) is 6.61 Å². The van der Waals surface area contributed by atoms with Gasteiger partial charge in [-0.15, -0.1) is 0 Å². The van der Waals surface area contributed by atoms with Crippen LogP contribution in [0.25, 0.3) is 0 Å². The number of alkyl halides is 3. The van der Waals surface area contributed by atoms with Gasteiger partial charge in [-0.25, -0.2) is 4.39 Å². The Morgan fingerprint density at radius 1 is 1.00 bits per heavy atom. The summed E-state index contributed by atoms with van der Waals surface area (Å²) in [7, 11) is -5.94. The predicted molar refractivity (Wildman–Crippen MR) is 98.5 cm³/mol. The van der Waals surface area contributed by atoms with Crippen LogP contribution in [0.2, 0.25) is 0 Å². The third-order valence-corrected chi connectivity index (χ3v) is 7.25. The molecule has 0 aliphatic heterocycles. The molecule has 7 nitrogen and oxygen atoms in total. The van der Waals surface area contributed by atoms with E-state index in [1.165, 1.54) is 0 Å². The van der Waals surface area contributed by atoms with Crippen LogP contribution >= 0.6 is 0 Å². The van der Waals surface area contributed by atoms with E-state index in [2.05, 4.69) is 0 Å². The molecule has 3 atom stereocenters. The molecule has 0 heterocycles. The third-order valence-electron chi connectivity index (χ3n) is 6.31. The van der Waals surface area contributed by atoms with Crippen LogP contribution in [0.5, 0.6) is 0 Å². The van der Waals surface area contributed by atoms with Crippen LogP contribution in [-0.4, -0.2) is 58.4 Å². The number of carbonyl (C=O) groups is 1. The molecule has 0 aromatic rings. The summed E-state index contributed by atoms with van der Waals surface area (Å²) in [5.74, 6) is -2.96. The Morgan fingerprint density at radius 3 is 1.69 bits per heavy atom. The molecule has 11 heteroatoms. The smallest absolute Gasteiger partial charge is 0.400 e. The van der Waals surface area contributed by atoms with Crippen molar-refractivity contribution in [3.8, 4) is 0 Å². The minimum atomic E-state index is -5.94. The molecule has 1 saturated carbocycles. The number of aliphatic hydroxyl groups is 2. The Kier molecular flexibility index (Phi) is 8.17. The van der Waals surface area contributed by atoms with Crippen molar-refractivity contribution in [3.63, 3.8) is 0 Å². The second kappa shape index (κ2) is 9.07. The Labute approximate surface area is 169 Å². The van der Waals surface area contributed by atoms with Gasteiger partial charge in [0.25, 0.3) is 0 Å². The molecule has 1 fully saturated rings. The second-order valence-corrected chi connectivity index (χ2v) is 9.15. The van der Waals surface area contributed by atoms with Gasteiger partial charge >= 0.3 is 21.3 Å². The molecule has 0 amide bonds. The van der Waals surface area contributed by atoms with E-state index in [1.807, 2.05) is 0 Å². The Balaban J connectivity index is 2.88. The van der Waals surface area contributed by atoms with Crippen molar-refractivity contribution in [2.45, 2.75) is 82.4 Å². The normalized spacial score (nSPS) is 24.3. The summed E-state index contributed by atoms with van der Waals surface area (Å²) >= 11 is 0. The van der Waals surface area contributed by atoms with Gasteiger partial charge in [0, 0.05) is 18.3 Å². The van der Waals surface area contributed by atoms with Crippen LogP contribution < -0.4 is 0 Å². The summed E-state index contributed by atoms with van der Waals surface area (Å²) in [6.45, 7) is 6.12. The van der Waals surface area contributed by atoms with Gasteiger partial charge in [0.05, 0.1) is 23.7 Å². The van der Waals surface area contributed by atoms with Crippen LogP contribution in [0.15, 0.2) is 0 Å². The van der Waals surface area contributed by atoms with Crippen molar-refractivity contribution in [1.82, 2.24) is 0 Å². The fourth-order valence-electron chi connectivity index (χ4n) is 4.07. The van der Waals surface area contributed by atoms with E-state index in [9.17, 15) is 36.6 Å². The summed E-state index contributed by atoms with van der Waals surface area (Å²) in [6.07, 6.45) is -3.10. The summed E-state index contributed by atoms with van der Waals surface area (Å²) < 4.78 is 74.3. The van der Waals surface area contributed by atoms with E-state index >= 15 is 0 Å². The first kappa shape index (κ1) is 26.1. The molecular weight excluding hydrogens is 417 g/mol. The molecule has 172 valence electrons. The first-order chi connectivity index (χ1) is 13.2. The first-order valence-electron chi connectivity index (χ1n) is 9.77. The highest BCUT2D eigenvalue weighted by atomic mass is 32.2. The summed E-state index contributed by atoms with van der Waals surface area (Å²) in [5.41, 5.74) is -2.46. The van der Waals surface area contributed by atoms with Crippen LogP contribution in [0.1, 0.15) is 59.8 Å². The molecule has 0 bridgehead atoms. The average molecular weight is 449 g/mol. The highest BCUT2D eigenvalue weighted by Crippen LogP contribution is 2.61. The van der Waals surface area contributed by atoms with Crippen LogP contribution in [0.4, 0.5) is 13.2 Å². The van der Waals surface area contributed by atoms with Gasteiger partial charge in [-0.3, -0.25) is 9.35 Å². The quantitative estimate of drug-likeness (QED) is 0.310. The van der Waals surface area contributed by atoms with E-state index in [-0.39, 0.29) is 0 Å². The number of hydrogen-bond donors (Lipinski definition) is 3. The van der Waals surface area contributed by atoms with Crippen LogP contribution in [0, 0.1) is 17.8 Å². The lowest BCUT2D eigenvalue weighted by Gasteiger charge is -2.30. The molecule has 0 aromatic heterocycles. The van der Waals surface area contributed by atoms with Gasteiger partial charge in [0.15, 0.2) is 6.17 Å². The van der Waals surface area contributed by atoms with Crippen molar-refractivity contribution in [3.05, 3.63) is 0 Å². The fourth-order valence-corrected chi connectivity index (χ4v) is 4.51. The zero-order chi connectivity index (χ0) is 22.8. The standard InChI is InChI=1S/C18H31F3O7S/c1-5-16(23,6-2)13-12(14(13)17(24,7-3)8-4)15(22)28-10-9-11(19)18(20,21)29(25,26)27/h11-14,23-24H,5-10H2,1-4H3,(H,25,26,27). The number of halogens is 3. The van der Waals surface area contributed by atoms with Crippen molar-refractivity contribution in [2.24, 2.45) is 17.8 Å². The van der Waals surface area contributed by atoms with Crippen molar-refractivity contribution in [1.29, 1.82) is 0 Å². The third kappa shape index (κ3) is 5.05. The van der Waals surface area contributed by atoms with Gasteiger partial charge < -0.3 is 14.9 Å². The molecule has 29 heavy (non-hydrogen) atoms. The topological polar surface area (TPSA) is 121 Å². The molecular formula is C18H31F3O7S. The summed E-state index contributed by atoms with van der Waals surface area (Å²) in [5, 5.41) is 16.7. The monoisotopic (exact) mass is 448 g/mol. The Hall–Kier alpha value is -0.910. The zero-order valence-electron chi connectivity index (χ0n) is 17.1. The maximum Gasteiger partial charge on any atom is 0.400 e. The minimum Gasteiger partial charge on any atom is -0.465 e. The maximum absolute atomic E-state index is 13.5. The fraction of sp³-hybridized carbons (Fsp3) is 0.944. The predicted octanol–water partition coefficient (Wildman–Crippen LogP) is 2.70. The molecule has 0 radical (unpaired) electrons. The van der Waals surface area contributed by atoms with E-state index in [0.717, 1.165) is 0 Å². The highest BCUT2D eigenvalue weighted by Gasteiger charge is 2.69. The van der Waals surface area contributed by atoms with Gasteiger partial charge in [-0.1, -0.05) is 27.7 Å². The maximum atomic E-state index is 13.5. The van der Waals surface area contributed by atoms with Crippen LogP contribution in [0.3, 0.4) is 0 Å². The Bertz CT molecular complexity index is 651. The molecule has 1 aliphatic rings. The van der Waals surface area contributed by atoms with Crippen LogP contribution in [-0.2, 0) is 19.6 Å². The van der Waals surface area contributed by atoms with E-state index in [0.29, 0.717) is 25.7 Å². The average Bonchev–Trinajstić information content (AvgIpc) is 3.42. The number of ether oxygens (including phenoxy) is 1. The SMILES string of the molecule is CCC(O)(CC)C1C(C(=O)OCCC(F)C(F)(F)S(=O)(=O)O)C1C(O)(CC)CC. The molecule has 0 spiro atoms. The highest BCUT2D eigenvalue weighted by molar-refractivity contribution is 7.86. The number of hydrogen-bond acceptors (Lipinski definition) is 6. The number of carbonyl (C=O) groups excluding carboxylic acids is 1. The number of rotatable bonds is 12. The lowest BCUT2D eigenvalue weighted by molar-refractivity contribution is -0.148. The molecule has 0 saturated heterocycles. The molecule has 1 aliphatic carbocycles. The van der Waals surface area contributed by atoms with Gasteiger partial charge in [-0.2, -0.15) is 17.2 Å². The van der Waals surface area contributed by atoms with E-state index in [1.54, 1.807) is 27.7 Å². The first-order valence-corrected chi connectivity index (χ1v) is 11.2. The number of esters is 1. The summed E-state index contributed by atoms with van der Waals surface area (Å²) in [4.78, 5) is 12.5. The minimum absolute atomic E-state index is 0.324. The zero-order valence-corrected chi connectivity index (χ0v) is 17.9. The van der Waals surface area contributed by atoms with E-state index in [4.69, 9.17) is 9.29 Å². The summed E-state index contributed by atoms with van der Waals surface area (Å²) in [6, 6.07) is 0.